The van der Waals surface area contributed by atoms with E-state index in [0.717, 1.165) is 16.8 Å². The molecule has 0 saturated carbocycles. The van der Waals surface area contributed by atoms with Crippen LogP contribution in [0.15, 0.2) is 42.9 Å². The number of carbonyl (C=O) groups is 4. The van der Waals surface area contributed by atoms with E-state index in [2.05, 4.69) is 20.6 Å². The predicted octanol–water partition coefficient (Wildman–Crippen LogP) is 2.52. The summed E-state index contributed by atoms with van der Waals surface area (Å²) in [5, 5.41) is 5.23. The summed E-state index contributed by atoms with van der Waals surface area (Å²) in [6.07, 6.45) is 3.82. The third kappa shape index (κ3) is 6.94. The van der Waals surface area contributed by atoms with E-state index in [-0.39, 0.29) is 31.3 Å². The average Bonchev–Trinajstić information content (AvgIpc) is 2.84. The molecule has 180 valence electrons. The summed E-state index contributed by atoms with van der Waals surface area (Å²) in [5.41, 5.74) is 2.42. The third-order valence-electron chi connectivity index (χ3n) is 5.83. The molecule has 1 aliphatic rings. The number of amides is 2. The molecular weight excluding hydrogens is 436 g/mol. The molecule has 9 heteroatoms. The lowest BCUT2D eigenvalue weighted by Gasteiger charge is -2.24. The summed E-state index contributed by atoms with van der Waals surface area (Å²) >= 11 is 0. The number of Topliss-reactive ketones (excluding diaryl/α,β-unsaturated/α-hetero) is 2. The molecule has 1 aliphatic heterocycles. The van der Waals surface area contributed by atoms with Crippen LogP contribution in [0.2, 0.25) is 0 Å². The Morgan fingerprint density at radius 3 is 2.71 bits per heavy atom. The van der Waals surface area contributed by atoms with Gasteiger partial charge in [-0.1, -0.05) is 44.2 Å². The molecule has 0 bridgehead atoms. The van der Waals surface area contributed by atoms with Crippen molar-refractivity contribution in [1.82, 2.24) is 20.6 Å². The van der Waals surface area contributed by atoms with E-state index in [1.165, 1.54) is 6.33 Å². The number of aryl methyl sites for hydroxylation is 1. The number of benzene rings is 1. The fourth-order valence-corrected chi connectivity index (χ4v) is 3.93. The molecule has 2 aromatic rings. The van der Waals surface area contributed by atoms with Gasteiger partial charge in [0, 0.05) is 36.3 Å². The molecular formula is C25H30N4O5. The normalized spacial score (nSPS) is 17.3. The number of ether oxygens (including phenoxy) is 1. The highest BCUT2D eigenvalue weighted by atomic mass is 16.5. The van der Waals surface area contributed by atoms with Crippen LogP contribution in [0.5, 0.6) is 0 Å². The Labute approximate surface area is 198 Å². The Morgan fingerprint density at radius 1 is 1.21 bits per heavy atom. The van der Waals surface area contributed by atoms with E-state index in [1.54, 1.807) is 20.0 Å². The van der Waals surface area contributed by atoms with Gasteiger partial charge in [-0.25, -0.2) is 14.8 Å². The molecule has 0 saturated heterocycles. The molecule has 2 N–H and O–H groups in total. The van der Waals surface area contributed by atoms with E-state index in [4.69, 9.17) is 4.74 Å². The highest BCUT2D eigenvalue weighted by molar-refractivity contribution is 6.37. The van der Waals surface area contributed by atoms with E-state index in [9.17, 15) is 19.2 Å². The van der Waals surface area contributed by atoms with Crippen molar-refractivity contribution in [3.8, 4) is 0 Å². The molecule has 2 unspecified atom stereocenters. The highest BCUT2D eigenvalue weighted by Gasteiger charge is 2.32. The van der Waals surface area contributed by atoms with E-state index < -0.39 is 29.7 Å². The Morgan fingerprint density at radius 2 is 1.97 bits per heavy atom. The van der Waals surface area contributed by atoms with Gasteiger partial charge >= 0.3 is 6.09 Å². The second-order valence-corrected chi connectivity index (χ2v) is 8.73. The van der Waals surface area contributed by atoms with Gasteiger partial charge in [0.15, 0.2) is 5.78 Å². The second kappa shape index (κ2) is 12.0. The lowest BCUT2D eigenvalue weighted by Crippen LogP contribution is -2.46. The SMILES string of the molecule is CC(C)C(NC(=O)OCc1ccccc1)C(=O)CC1CCCc2ncncc2CNC(=O)C1=O. The van der Waals surface area contributed by atoms with Crippen LogP contribution < -0.4 is 10.6 Å². The predicted molar refractivity (Wildman–Crippen MR) is 123 cm³/mol. The first-order valence-corrected chi connectivity index (χ1v) is 11.4. The number of hydrogen-bond donors (Lipinski definition) is 2. The van der Waals surface area contributed by atoms with Gasteiger partial charge in [-0.15, -0.1) is 0 Å². The van der Waals surface area contributed by atoms with Gasteiger partial charge in [0.25, 0.3) is 5.91 Å². The topological polar surface area (TPSA) is 127 Å². The summed E-state index contributed by atoms with van der Waals surface area (Å²) in [7, 11) is 0. The fourth-order valence-electron chi connectivity index (χ4n) is 3.93. The van der Waals surface area contributed by atoms with E-state index in [1.807, 2.05) is 30.3 Å². The Bertz CT molecular complexity index is 1020. The van der Waals surface area contributed by atoms with Crippen LogP contribution in [-0.4, -0.2) is 39.6 Å². The van der Waals surface area contributed by atoms with Crippen molar-refractivity contribution in [1.29, 1.82) is 0 Å². The molecule has 9 nitrogen and oxygen atoms in total. The van der Waals surface area contributed by atoms with Crippen molar-refractivity contribution >= 4 is 23.6 Å². The van der Waals surface area contributed by atoms with Crippen LogP contribution in [0, 0.1) is 11.8 Å². The maximum Gasteiger partial charge on any atom is 0.408 e. The molecule has 0 aliphatic carbocycles. The van der Waals surface area contributed by atoms with Gasteiger partial charge in [-0.3, -0.25) is 14.4 Å². The zero-order valence-electron chi connectivity index (χ0n) is 19.5. The molecule has 1 aromatic carbocycles. The Hall–Kier alpha value is -3.62. The van der Waals surface area contributed by atoms with Gasteiger partial charge in [0.2, 0.25) is 5.78 Å². The van der Waals surface area contributed by atoms with Crippen molar-refractivity contribution in [2.24, 2.45) is 11.8 Å². The van der Waals surface area contributed by atoms with Gasteiger partial charge in [0.05, 0.1) is 6.04 Å². The summed E-state index contributed by atoms with van der Waals surface area (Å²) in [6, 6.07) is 8.38. The number of nitrogens with zero attached hydrogens (tertiary/aromatic N) is 2. The zero-order valence-corrected chi connectivity index (χ0v) is 19.5. The fraction of sp³-hybridized carbons (Fsp3) is 0.440. The first kappa shape index (κ1) is 25.0. The second-order valence-electron chi connectivity index (χ2n) is 8.73. The third-order valence-corrected chi connectivity index (χ3v) is 5.83. The summed E-state index contributed by atoms with van der Waals surface area (Å²) < 4.78 is 5.24. The number of ketones is 2. The summed E-state index contributed by atoms with van der Waals surface area (Å²) in [4.78, 5) is 58.9. The summed E-state index contributed by atoms with van der Waals surface area (Å²) in [6.45, 7) is 3.85. The van der Waals surface area contributed by atoms with Crippen LogP contribution in [0.25, 0.3) is 0 Å². The number of fused-ring (bicyclic) bond motifs is 1. The van der Waals surface area contributed by atoms with Crippen molar-refractivity contribution < 1.29 is 23.9 Å². The first-order valence-electron chi connectivity index (χ1n) is 11.4. The van der Waals surface area contributed by atoms with Gasteiger partial charge < -0.3 is 15.4 Å². The number of nitrogens with one attached hydrogen (secondary N) is 2. The number of alkyl carbamates (subject to hydrolysis) is 1. The molecule has 3 rings (SSSR count). The maximum atomic E-state index is 13.1. The minimum absolute atomic E-state index is 0.0813. The number of aromatic nitrogens is 2. The molecule has 0 spiro atoms. The standard InChI is InChI=1S/C25H30N4O5/c1-16(2)22(29-25(33)34-14-17-7-4-3-5-8-17)21(30)11-18-9-6-10-20-19(12-26-15-28-20)13-27-24(32)23(18)31/h3-5,7-8,12,15-16,18,22H,6,9-11,13-14H2,1-2H3,(H,27,32)(H,29,33). The van der Waals surface area contributed by atoms with Crippen LogP contribution in [0.3, 0.4) is 0 Å². The van der Waals surface area contributed by atoms with Crippen LogP contribution in [0.1, 0.15) is 49.9 Å². The van der Waals surface area contributed by atoms with Crippen molar-refractivity contribution in [3.63, 3.8) is 0 Å². The van der Waals surface area contributed by atoms with Crippen LogP contribution in [0.4, 0.5) is 4.79 Å². The number of hydrogen-bond acceptors (Lipinski definition) is 7. The minimum Gasteiger partial charge on any atom is -0.445 e. The molecule has 1 aromatic heterocycles. The lowest BCUT2D eigenvalue weighted by molar-refractivity contribution is -0.141. The molecule has 34 heavy (non-hydrogen) atoms. The largest absolute Gasteiger partial charge is 0.445 e. The van der Waals surface area contributed by atoms with Crippen LogP contribution in [-0.2, 0) is 38.7 Å². The van der Waals surface area contributed by atoms with Crippen molar-refractivity contribution in [3.05, 3.63) is 59.7 Å². The van der Waals surface area contributed by atoms with Gasteiger partial charge in [-0.2, -0.15) is 0 Å². The van der Waals surface area contributed by atoms with Crippen molar-refractivity contribution in [2.45, 2.75) is 58.7 Å². The summed E-state index contributed by atoms with van der Waals surface area (Å²) in [5.74, 6) is -2.64. The minimum atomic E-state index is -0.831. The smallest absolute Gasteiger partial charge is 0.408 e. The monoisotopic (exact) mass is 466 g/mol. The number of carbonyl (C=O) groups excluding carboxylic acids is 4. The quantitative estimate of drug-likeness (QED) is 0.600. The Balaban J connectivity index is 1.62. The maximum absolute atomic E-state index is 13.1. The molecule has 0 radical (unpaired) electrons. The number of rotatable bonds is 7. The lowest BCUT2D eigenvalue weighted by atomic mass is 9.86. The first-order chi connectivity index (χ1) is 16.3. The van der Waals surface area contributed by atoms with Gasteiger partial charge in [0.1, 0.15) is 12.9 Å². The average molecular weight is 467 g/mol. The Kier molecular flexibility index (Phi) is 8.84. The highest BCUT2D eigenvalue weighted by Crippen LogP contribution is 2.20. The van der Waals surface area contributed by atoms with Crippen LogP contribution >= 0.6 is 0 Å². The molecule has 0 fully saturated rings. The molecule has 2 atom stereocenters. The van der Waals surface area contributed by atoms with Crippen molar-refractivity contribution in [2.75, 3.05) is 0 Å². The van der Waals surface area contributed by atoms with E-state index >= 15 is 0 Å². The molecule has 2 amide bonds. The van der Waals surface area contributed by atoms with E-state index in [0.29, 0.717) is 19.3 Å². The van der Waals surface area contributed by atoms with Gasteiger partial charge in [-0.05, 0) is 30.7 Å². The molecule has 2 heterocycles. The zero-order chi connectivity index (χ0) is 24.5.